The second-order valence-corrected chi connectivity index (χ2v) is 21.2. The van der Waals surface area contributed by atoms with Crippen molar-refractivity contribution in [2.75, 3.05) is 26.7 Å². The van der Waals surface area contributed by atoms with Gasteiger partial charge in [0.15, 0.2) is 0 Å². The van der Waals surface area contributed by atoms with Crippen LogP contribution in [0, 0.1) is 0 Å². The standard InChI is InChI=1S/C40H48N6O2Si/c1-44-20-18-29(19-21-44)27-12-14-28(15-13-27)30-16-17-31-25-45(40(47)33(31)24-30)38(39-41-34-9-5-6-10-35(34)42-39)37-32-8-7-11-36(32)46(43-37)26-48-22-23-49(2,3)4/h5-6,9-10,12-17,24,29,38H,7-8,11,18-23,25-26H2,1-4H3,(H,41,42). The summed E-state index contributed by atoms with van der Waals surface area (Å²) >= 11 is 0. The Morgan fingerprint density at radius 3 is 2.53 bits per heavy atom. The summed E-state index contributed by atoms with van der Waals surface area (Å²) in [4.78, 5) is 27.5. The molecule has 0 saturated carbocycles. The van der Waals surface area contributed by atoms with E-state index in [1.165, 1.54) is 29.7 Å². The minimum absolute atomic E-state index is 0.0259. The second kappa shape index (κ2) is 13.0. The number of hydrogen-bond acceptors (Lipinski definition) is 5. The predicted octanol–water partition coefficient (Wildman–Crippen LogP) is 7.78. The van der Waals surface area contributed by atoms with Crippen molar-refractivity contribution in [3.05, 3.63) is 106 Å². The highest BCUT2D eigenvalue weighted by atomic mass is 28.3. The number of fused-ring (bicyclic) bond motifs is 3. The van der Waals surface area contributed by atoms with Gasteiger partial charge in [-0.15, -0.1) is 0 Å². The lowest BCUT2D eigenvalue weighted by Gasteiger charge is -2.29. The number of aromatic amines is 1. The van der Waals surface area contributed by atoms with E-state index in [2.05, 4.69) is 83.7 Å². The number of ether oxygens (including phenoxy) is 1. The van der Waals surface area contributed by atoms with Gasteiger partial charge in [0.1, 0.15) is 18.6 Å². The maximum absolute atomic E-state index is 14.5. The third-order valence-corrected chi connectivity index (χ3v) is 12.6. The first-order valence-corrected chi connectivity index (χ1v) is 21.8. The molecule has 1 amide bonds. The predicted molar refractivity (Wildman–Crippen MR) is 198 cm³/mol. The fourth-order valence-electron chi connectivity index (χ4n) is 7.92. The zero-order chi connectivity index (χ0) is 33.7. The molecule has 1 fully saturated rings. The molecule has 254 valence electrons. The molecule has 3 aliphatic rings. The third kappa shape index (κ3) is 6.40. The minimum Gasteiger partial charge on any atom is -0.360 e. The molecule has 1 unspecified atom stereocenters. The molecule has 49 heavy (non-hydrogen) atoms. The Balaban J connectivity index is 1.10. The molecule has 8 rings (SSSR count). The van der Waals surface area contributed by atoms with Crippen LogP contribution in [0.2, 0.25) is 25.7 Å². The van der Waals surface area contributed by atoms with Gasteiger partial charge in [-0.3, -0.25) is 4.79 Å². The van der Waals surface area contributed by atoms with Crippen LogP contribution in [0.25, 0.3) is 22.2 Å². The monoisotopic (exact) mass is 672 g/mol. The van der Waals surface area contributed by atoms with E-state index < -0.39 is 14.1 Å². The average molecular weight is 673 g/mol. The van der Waals surface area contributed by atoms with Crippen molar-refractivity contribution in [3.8, 4) is 11.1 Å². The number of imidazole rings is 1. The molecule has 8 nitrogen and oxygen atoms in total. The number of para-hydroxylation sites is 2. The SMILES string of the molecule is CN1CCC(c2ccc(-c3ccc4c(c3)C(=O)N(C(c3nc5ccccc5[nH]3)c3nn(COCC[Si](C)(C)C)c5c3CCC5)C4)cc2)CC1. The number of rotatable bonds is 10. The summed E-state index contributed by atoms with van der Waals surface area (Å²) in [6, 6.07) is 24.2. The molecule has 0 bridgehead atoms. The van der Waals surface area contributed by atoms with Crippen LogP contribution < -0.4 is 0 Å². The van der Waals surface area contributed by atoms with E-state index in [0.717, 1.165) is 89.8 Å². The number of amides is 1. The molecule has 2 aromatic heterocycles. The summed E-state index contributed by atoms with van der Waals surface area (Å²) in [7, 11) is 1.01. The van der Waals surface area contributed by atoms with E-state index in [-0.39, 0.29) is 5.91 Å². The molecule has 5 aromatic rings. The van der Waals surface area contributed by atoms with Gasteiger partial charge in [-0.25, -0.2) is 9.67 Å². The molecule has 1 saturated heterocycles. The van der Waals surface area contributed by atoms with Crippen molar-refractivity contribution in [3.63, 3.8) is 0 Å². The summed E-state index contributed by atoms with van der Waals surface area (Å²) in [5.41, 5.74) is 10.7. The van der Waals surface area contributed by atoms with Crippen LogP contribution in [0.15, 0.2) is 66.7 Å². The van der Waals surface area contributed by atoms with Crippen LogP contribution in [0.1, 0.15) is 75.5 Å². The number of piperidine rings is 1. The van der Waals surface area contributed by atoms with Gasteiger partial charge in [0.25, 0.3) is 5.91 Å². The first-order chi connectivity index (χ1) is 23.7. The van der Waals surface area contributed by atoms with Crippen LogP contribution in [0.4, 0.5) is 0 Å². The Labute approximate surface area is 290 Å². The topological polar surface area (TPSA) is 79.3 Å². The van der Waals surface area contributed by atoms with Crippen LogP contribution in [0.5, 0.6) is 0 Å². The van der Waals surface area contributed by atoms with Crippen molar-refractivity contribution >= 4 is 25.0 Å². The Morgan fingerprint density at radius 1 is 0.980 bits per heavy atom. The molecule has 9 heteroatoms. The van der Waals surface area contributed by atoms with Crippen LogP contribution in [0.3, 0.4) is 0 Å². The number of likely N-dealkylation sites (tertiary alicyclic amines) is 1. The molecular weight excluding hydrogens is 625 g/mol. The summed E-state index contributed by atoms with van der Waals surface area (Å²) in [6.45, 7) is 11.1. The normalized spacial score (nSPS) is 17.6. The third-order valence-electron chi connectivity index (χ3n) is 10.9. The quantitative estimate of drug-likeness (QED) is 0.121. The van der Waals surface area contributed by atoms with E-state index >= 15 is 0 Å². The van der Waals surface area contributed by atoms with Gasteiger partial charge in [0, 0.05) is 32.5 Å². The van der Waals surface area contributed by atoms with Crippen LogP contribution >= 0.6 is 0 Å². The number of carbonyl (C=O) groups is 1. The highest BCUT2D eigenvalue weighted by Crippen LogP contribution is 2.40. The number of H-pyrrole nitrogens is 1. The highest BCUT2D eigenvalue weighted by molar-refractivity contribution is 6.76. The Morgan fingerprint density at radius 2 is 1.76 bits per heavy atom. The summed E-state index contributed by atoms with van der Waals surface area (Å²) in [6.07, 6.45) is 5.41. The van der Waals surface area contributed by atoms with E-state index in [1.807, 2.05) is 29.2 Å². The van der Waals surface area contributed by atoms with Crippen molar-refractivity contribution in [2.45, 2.75) is 83.0 Å². The van der Waals surface area contributed by atoms with Gasteiger partial charge in [0.2, 0.25) is 0 Å². The number of nitrogens with zero attached hydrogens (tertiary/aromatic N) is 5. The maximum Gasteiger partial charge on any atom is 0.255 e. The van der Waals surface area contributed by atoms with Crippen molar-refractivity contribution in [1.29, 1.82) is 0 Å². The average Bonchev–Trinajstić information content (AvgIpc) is 3.88. The molecule has 2 aliphatic heterocycles. The lowest BCUT2D eigenvalue weighted by molar-refractivity contribution is 0.0703. The lowest BCUT2D eigenvalue weighted by atomic mass is 9.88. The maximum atomic E-state index is 14.5. The summed E-state index contributed by atoms with van der Waals surface area (Å²) in [5, 5.41) is 5.22. The van der Waals surface area contributed by atoms with E-state index in [9.17, 15) is 4.79 Å². The van der Waals surface area contributed by atoms with Crippen LogP contribution in [-0.2, 0) is 30.9 Å². The minimum atomic E-state index is -1.20. The molecule has 0 radical (unpaired) electrons. The molecule has 3 aromatic carbocycles. The van der Waals surface area contributed by atoms with Crippen LogP contribution in [-0.4, -0.2) is 70.3 Å². The first-order valence-electron chi connectivity index (χ1n) is 18.1. The smallest absolute Gasteiger partial charge is 0.255 e. The van der Waals surface area contributed by atoms with Gasteiger partial charge in [-0.1, -0.05) is 68.2 Å². The van der Waals surface area contributed by atoms with Gasteiger partial charge < -0.3 is 19.5 Å². The van der Waals surface area contributed by atoms with Gasteiger partial charge in [-0.2, -0.15) is 5.10 Å². The summed E-state index contributed by atoms with van der Waals surface area (Å²) < 4.78 is 8.25. The molecule has 1 N–H and O–H groups in total. The molecule has 0 spiro atoms. The molecule has 4 heterocycles. The first kappa shape index (κ1) is 32.2. The van der Waals surface area contributed by atoms with Gasteiger partial charge in [0.05, 0.1) is 16.7 Å². The fourth-order valence-corrected chi connectivity index (χ4v) is 8.68. The van der Waals surface area contributed by atoms with Gasteiger partial charge in [-0.05, 0) is 110 Å². The zero-order valence-corrected chi connectivity index (χ0v) is 30.3. The van der Waals surface area contributed by atoms with E-state index in [1.54, 1.807) is 0 Å². The number of aromatic nitrogens is 4. The molecule has 1 atom stereocenters. The van der Waals surface area contributed by atoms with Crippen molar-refractivity contribution < 1.29 is 9.53 Å². The number of nitrogens with one attached hydrogen (secondary N) is 1. The lowest BCUT2D eigenvalue weighted by Crippen LogP contribution is -2.32. The summed E-state index contributed by atoms with van der Waals surface area (Å²) in [5.74, 6) is 1.40. The molecule has 1 aliphatic carbocycles. The second-order valence-electron chi connectivity index (χ2n) is 15.6. The number of hydrogen-bond donors (Lipinski definition) is 1. The highest BCUT2D eigenvalue weighted by Gasteiger charge is 2.40. The Kier molecular flexibility index (Phi) is 8.54. The zero-order valence-electron chi connectivity index (χ0n) is 29.3. The largest absolute Gasteiger partial charge is 0.360 e. The Bertz CT molecular complexity index is 1950. The van der Waals surface area contributed by atoms with Crippen molar-refractivity contribution in [1.82, 2.24) is 29.5 Å². The molecular formula is C40H48N6O2Si. The Hall–Kier alpha value is -4.05. The van der Waals surface area contributed by atoms with Crippen molar-refractivity contribution in [2.24, 2.45) is 0 Å². The fraction of sp³-hybridized carbons (Fsp3) is 0.425. The van der Waals surface area contributed by atoms with Gasteiger partial charge >= 0.3 is 0 Å². The number of benzene rings is 3. The van der Waals surface area contributed by atoms with E-state index in [0.29, 0.717) is 19.2 Å². The number of carbonyl (C=O) groups excluding carboxylic acids is 1. The van der Waals surface area contributed by atoms with E-state index in [4.69, 9.17) is 14.8 Å².